The minimum Gasteiger partial charge on any atom is -0.330 e. The topological polar surface area (TPSA) is 93.2 Å². The van der Waals surface area contributed by atoms with Gasteiger partial charge < -0.3 is 10.6 Å². The van der Waals surface area contributed by atoms with Gasteiger partial charge in [-0.25, -0.2) is 9.66 Å². The Morgan fingerprint density at radius 3 is 2.50 bits per heavy atom. The summed E-state index contributed by atoms with van der Waals surface area (Å²) in [6.45, 7) is 2.53. The standard InChI is InChI=1S/C26H24Cl3N5O2/c1-16(33(13-5-12-30)25(35)17-8-11-21(28)22(29)14-17)24-31-23-15-18(27)9-10-20(23)26(36)34(24)32-19-6-3-2-4-7-19/h2-4,6-11,14-16,32H,5,12-13,30H2,1H3. The van der Waals surface area contributed by atoms with Crippen LogP contribution in [-0.2, 0) is 0 Å². The molecule has 0 aliphatic rings. The number of nitrogens with zero attached hydrogens (tertiary/aromatic N) is 3. The minimum atomic E-state index is -0.620. The van der Waals surface area contributed by atoms with Crippen LogP contribution < -0.4 is 16.7 Å². The van der Waals surface area contributed by atoms with Crippen molar-refractivity contribution in [2.45, 2.75) is 19.4 Å². The lowest BCUT2D eigenvalue weighted by atomic mass is 10.1. The average molecular weight is 545 g/mol. The van der Waals surface area contributed by atoms with Crippen LogP contribution >= 0.6 is 34.8 Å². The summed E-state index contributed by atoms with van der Waals surface area (Å²) in [4.78, 5) is 33.6. The van der Waals surface area contributed by atoms with Crippen molar-refractivity contribution < 1.29 is 4.79 Å². The first kappa shape index (κ1) is 26.0. The molecular formula is C26H24Cl3N5O2. The molecule has 0 aliphatic heterocycles. The number of nitrogens with one attached hydrogen (secondary N) is 1. The van der Waals surface area contributed by atoms with E-state index >= 15 is 0 Å². The summed E-state index contributed by atoms with van der Waals surface area (Å²) in [5.74, 6) is 0.0465. The van der Waals surface area contributed by atoms with Crippen molar-refractivity contribution >= 4 is 57.3 Å². The van der Waals surface area contributed by atoms with Gasteiger partial charge in [0.25, 0.3) is 11.5 Å². The van der Waals surface area contributed by atoms with Gasteiger partial charge >= 0.3 is 0 Å². The second kappa shape index (κ2) is 11.3. The van der Waals surface area contributed by atoms with Gasteiger partial charge in [-0.1, -0.05) is 53.0 Å². The fourth-order valence-corrected chi connectivity index (χ4v) is 4.34. The summed E-state index contributed by atoms with van der Waals surface area (Å²) in [5.41, 5.74) is 10.1. The molecule has 1 unspecified atom stereocenters. The molecule has 0 spiro atoms. The quantitative estimate of drug-likeness (QED) is 0.293. The smallest absolute Gasteiger partial charge is 0.280 e. The number of anilines is 1. The SMILES string of the molecule is CC(c1nc2cc(Cl)ccc2c(=O)n1Nc1ccccc1)N(CCCN)C(=O)c1ccc(Cl)c(Cl)c1. The molecule has 0 bridgehead atoms. The van der Waals surface area contributed by atoms with E-state index in [2.05, 4.69) is 5.43 Å². The molecule has 1 atom stereocenters. The first-order valence-electron chi connectivity index (χ1n) is 11.3. The fourth-order valence-electron chi connectivity index (χ4n) is 3.87. The number of rotatable bonds is 8. The van der Waals surface area contributed by atoms with E-state index in [1.165, 1.54) is 10.7 Å². The highest BCUT2D eigenvalue weighted by Crippen LogP contribution is 2.27. The second-order valence-corrected chi connectivity index (χ2v) is 9.45. The third-order valence-corrected chi connectivity index (χ3v) is 6.72. The van der Waals surface area contributed by atoms with Gasteiger partial charge in [0.1, 0.15) is 0 Å². The highest BCUT2D eigenvalue weighted by molar-refractivity contribution is 6.42. The van der Waals surface area contributed by atoms with Crippen LogP contribution in [0, 0.1) is 0 Å². The van der Waals surface area contributed by atoms with Crippen molar-refractivity contribution in [3.63, 3.8) is 0 Å². The summed E-state index contributed by atoms with van der Waals surface area (Å²) in [5, 5.41) is 1.47. The van der Waals surface area contributed by atoms with E-state index in [-0.39, 0.29) is 16.5 Å². The molecule has 0 radical (unpaired) electrons. The van der Waals surface area contributed by atoms with Crippen LogP contribution in [0.2, 0.25) is 15.1 Å². The van der Waals surface area contributed by atoms with Gasteiger partial charge in [-0.3, -0.25) is 15.0 Å². The van der Waals surface area contributed by atoms with E-state index in [4.69, 9.17) is 45.5 Å². The molecule has 0 fully saturated rings. The van der Waals surface area contributed by atoms with E-state index in [0.29, 0.717) is 57.5 Å². The Morgan fingerprint density at radius 2 is 1.81 bits per heavy atom. The third-order valence-electron chi connectivity index (χ3n) is 5.74. The van der Waals surface area contributed by atoms with Gasteiger partial charge in [0.05, 0.1) is 32.7 Å². The fraction of sp³-hybridized carbons (Fsp3) is 0.192. The van der Waals surface area contributed by atoms with E-state index in [1.807, 2.05) is 37.3 Å². The predicted octanol–water partition coefficient (Wildman–Crippen LogP) is 5.78. The van der Waals surface area contributed by atoms with E-state index in [0.717, 1.165) is 0 Å². The number of carbonyl (C=O) groups excluding carboxylic acids is 1. The number of amides is 1. The van der Waals surface area contributed by atoms with Crippen LogP contribution in [-0.4, -0.2) is 33.6 Å². The second-order valence-electron chi connectivity index (χ2n) is 8.20. The zero-order valence-electron chi connectivity index (χ0n) is 19.4. The Kier molecular flexibility index (Phi) is 8.16. The van der Waals surface area contributed by atoms with Crippen LogP contribution in [0.5, 0.6) is 0 Å². The molecule has 1 amide bonds. The molecule has 0 saturated heterocycles. The third kappa shape index (κ3) is 5.50. The van der Waals surface area contributed by atoms with Crippen molar-refractivity contribution in [2.75, 3.05) is 18.5 Å². The Morgan fingerprint density at radius 1 is 1.06 bits per heavy atom. The lowest BCUT2D eigenvalue weighted by molar-refractivity contribution is 0.0679. The van der Waals surface area contributed by atoms with E-state index < -0.39 is 6.04 Å². The molecule has 4 rings (SSSR count). The Hall–Kier alpha value is -3.10. The molecule has 0 saturated carbocycles. The first-order valence-corrected chi connectivity index (χ1v) is 12.4. The van der Waals surface area contributed by atoms with E-state index in [1.54, 1.807) is 35.2 Å². The highest BCUT2D eigenvalue weighted by Gasteiger charge is 2.27. The van der Waals surface area contributed by atoms with Crippen molar-refractivity contribution in [1.29, 1.82) is 0 Å². The van der Waals surface area contributed by atoms with Crippen LogP contribution in [0.3, 0.4) is 0 Å². The summed E-state index contributed by atoms with van der Waals surface area (Å²) in [6, 6.07) is 18.3. The number of carbonyl (C=O) groups is 1. The molecule has 1 heterocycles. The average Bonchev–Trinajstić information content (AvgIpc) is 2.87. The zero-order chi connectivity index (χ0) is 25.8. The van der Waals surface area contributed by atoms with Gasteiger partial charge in [-0.05, 0) is 68.4 Å². The van der Waals surface area contributed by atoms with Gasteiger partial charge in [-0.15, -0.1) is 0 Å². The summed E-state index contributed by atoms with van der Waals surface area (Å²) >= 11 is 18.4. The molecule has 1 aromatic heterocycles. The van der Waals surface area contributed by atoms with Crippen molar-refractivity contribution in [2.24, 2.45) is 5.73 Å². The van der Waals surface area contributed by atoms with Gasteiger partial charge in [0, 0.05) is 17.1 Å². The normalized spacial score (nSPS) is 11.9. The molecule has 10 heteroatoms. The van der Waals surface area contributed by atoms with Crippen LogP contribution in [0.15, 0.2) is 71.5 Å². The molecule has 7 nitrogen and oxygen atoms in total. The number of fused-ring (bicyclic) bond motifs is 1. The number of hydrogen-bond acceptors (Lipinski definition) is 5. The molecule has 0 aliphatic carbocycles. The van der Waals surface area contributed by atoms with Crippen LogP contribution in [0.4, 0.5) is 5.69 Å². The van der Waals surface area contributed by atoms with Gasteiger partial charge in [-0.2, -0.15) is 0 Å². The number of nitrogens with two attached hydrogens (primary N) is 1. The van der Waals surface area contributed by atoms with Crippen LogP contribution in [0.1, 0.15) is 35.6 Å². The molecule has 3 N–H and O–H groups in total. The monoisotopic (exact) mass is 543 g/mol. The highest BCUT2D eigenvalue weighted by atomic mass is 35.5. The zero-order valence-corrected chi connectivity index (χ0v) is 21.7. The molecule has 4 aromatic rings. The summed E-state index contributed by atoms with van der Waals surface area (Å²) < 4.78 is 1.37. The number of benzene rings is 3. The number of aromatic nitrogens is 2. The first-order chi connectivity index (χ1) is 17.3. The maximum absolute atomic E-state index is 13.6. The minimum absolute atomic E-state index is 0.273. The summed E-state index contributed by atoms with van der Waals surface area (Å²) in [7, 11) is 0. The summed E-state index contributed by atoms with van der Waals surface area (Å²) in [6.07, 6.45) is 0.549. The van der Waals surface area contributed by atoms with Gasteiger partial charge in [0.2, 0.25) is 0 Å². The number of hydrogen-bond donors (Lipinski definition) is 2. The van der Waals surface area contributed by atoms with E-state index in [9.17, 15) is 9.59 Å². The lowest BCUT2D eigenvalue weighted by Crippen LogP contribution is -2.40. The van der Waals surface area contributed by atoms with Crippen molar-refractivity contribution in [1.82, 2.24) is 14.6 Å². The number of halogens is 3. The maximum atomic E-state index is 13.6. The molecular weight excluding hydrogens is 521 g/mol. The van der Waals surface area contributed by atoms with Crippen molar-refractivity contribution in [3.05, 3.63) is 104 Å². The molecule has 36 heavy (non-hydrogen) atoms. The Balaban J connectivity index is 1.85. The number of para-hydroxylation sites is 1. The largest absolute Gasteiger partial charge is 0.330 e. The Labute approximate surface area is 223 Å². The maximum Gasteiger partial charge on any atom is 0.280 e. The van der Waals surface area contributed by atoms with Gasteiger partial charge in [0.15, 0.2) is 5.82 Å². The van der Waals surface area contributed by atoms with Crippen molar-refractivity contribution in [3.8, 4) is 0 Å². The molecule has 3 aromatic carbocycles. The predicted molar refractivity (Wildman–Crippen MR) is 146 cm³/mol. The lowest BCUT2D eigenvalue weighted by Gasteiger charge is -2.31. The van der Waals surface area contributed by atoms with Crippen LogP contribution in [0.25, 0.3) is 10.9 Å². The Bertz CT molecular complexity index is 1460. The molecule has 186 valence electrons.